The van der Waals surface area contributed by atoms with Gasteiger partial charge in [0.15, 0.2) is 5.82 Å². The molecule has 1 aromatic heterocycles. The molecular formula is C15H14ClN3O. The summed E-state index contributed by atoms with van der Waals surface area (Å²) in [5.74, 6) is 1.23. The van der Waals surface area contributed by atoms with Crippen LogP contribution in [0.1, 0.15) is 37.0 Å². The Kier molecular flexibility index (Phi) is 3.02. The zero-order valence-corrected chi connectivity index (χ0v) is 12.1. The summed E-state index contributed by atoms with van der Waals surface area (Å²) in [7, 11) is 0. The monoisotopic (exact) mass is 287 g/mol. The standard InChI is InChI=1S/C15H14ClN3O/c1-15(2)11(8-17)13(15)14-18-12(19-20-14)7-9-3-5-10(16)6-4-9/h3-6,11,13H,7H2,1-2H3. The molecule has 2 atom stereocenters. The Morgan fingerprint density at radius 2 is 2.05 bits per heavy atom. The van der Waals surface area contributed by atoms with E-state index in [0.717, 1.165) is 5.56 Å². The minimum Gasteiger partial charge on any atom is -0.339 e. The number of halogens is 1. The van der Waals surface area contributed by atoms with Crippen LogP contribution < -0.4 is 0 Å². The summed E-state index contributed by atoms with van der Waals surface area (Å²) < 4.78 is 5.31. The van der Waals surface area contributed by atoms with E-state index < -0.39 is 0 Å². The van der Waals surface area contributed by atoms with E-state index >= 15 is 0 Å². The Hall–Kier alpha value is -1.86. The van der Waals surface area contributed by atoms with Crippen molar-refractivity contribution in [3.63, 3.8) is 0 Å². The molecule has 0 aliphatic heterocycles. The van der Waals surface area contributed by atoms with Gasteiger partial charge >= 0.3 is 0 Å². The van der Waals surface area contributed by atoms with Gasteiger partial charge in [-0.05, 0) is 23.1 Å². The van der Waals surface area contributed by atoms with Crippen LogP contribution in [0.25, 0.3) is 0 Å². The predicted octanol–water partition coefficient (Wildman–Crippen LogP) is 3.58. The van der Waals surface area contributed by atoms with Gasteiger partial charge in [0.2, 0.25) is 5.89 Å². The van der Waals surface area contributed by atoms with E-state index in [9.17, 15) is 0 Å². The SMILES string of the molecule is CC1(C)C(C#N)C1c1nc(Cc2ccc(Cl)cc2)no1. The highest BCUT2D eigenvalue weighted by atomic mass is 35.5. The highest BCUT2D eigenvalue weighted by Crippen LogP contribution is 2.63. The lowest BCUT2D eigenvalue weighted by molar-refractivity contribution is 0.363. The number of hydrogen-bond acceptors (Lipinski definition) is 4. The molecule has 1 aromatic carbocycles. The Balaban J connectivity index is 1.75. The van der Waals surface area contributed by atoms with Crippen LogP contribution in [-0.4, -0.2) is 10.1 Å². The molecule has 0 bridgehead atoms. The lowest BCUT2D eigenvalue weighted by atomic mass is 10.1. The molecular weight excluding hydrogens is 274 g/mol. The molecule has 0 amide bonds. The van der Waals surface area contributed by atoms with Gasteiger partial charge in [0.05, 0.1) is 17.9 Å². The Morgan fingerprint density at radius 3 is 2.65 bits per heavy atom. The van der Waals surface area contributed by atoms with E-state index in [0.29, 0.717) is 23.2 Å². The van der Waals surface area contributed by atoms with Crippen LogP contribution in [0.15, 0.2) is 28.8 Å². The summed E-state index contributed by atoms with van der Waals surface area (Å²) >= 11 is 5.85. The third-order valence-corrected chi connectivity index (χ3v) is 4.24. The summed E-state index contributed by atoms with van der Waals surface area (Å²) in [5, 5.41) is 13.8. The van der Waals surface area contributed by atoms with Gasteiger partial charge in [-0.3, -0.25) is 0 Å². The molecule has 20 heavy (non-hydrogen) atoms. The van der Waals surface area contributed by atoms with Gasteiger partial charge in [-0.1, -0.05) is 42.7 Å². The second-order valence-corrected chi connectivity index (χ2v) is 6.19. The molecule has 1 fully saturated rings. The maximum absolute atomic E-state index is 9.09. The fraction of sp³-hybridized carbons (Fsp3) is 0.400. The number of rotatable bonds is 3. The fourth-order valence-corrected chi connectivity index (χ4v) is 2.72. The minimum atomic E-state index is -0.0706. The molecule has 1 aliphatic carbocycles. The minimum absolute atomic E-state index is 0.0358. The van der Waals surface area contributed by atoms with Gasteiger partial charge in [-0.15, -0.1) is 0 Å². The quantitative estimate of drug-likeness (QED) is 0.865. The zero-order chi connectivity index (χ0) is 14.3. The molecule has 102 valence electrons. The Labute approximate surface area is 122 Å². The average molecular weight is 288 g/mol. The molecule has 0 spiro atoms. The highest BCUT2D eigenvalue weighted by molar-refractivity contribution is 6.30. The molecule has 4 nitrogen and oxygen atoms in total. The van der Waals surface area contributed by atoms with Gasteiger partial charge in [0.25, 0.3) is 0 Å². The van der Waals surface area contributed by atoms with Crippen LogP contribution in [0.5, 0.6) is 0 Å². The maximum Gasteiger partial charge on any atom is 0.231 e. The predicted molar refractivity (Wildman–Crippen MR) is 74.2 cm³/mol. The molecule has 0 radical (unpaired) electrons. The van der Waals surface area contributed by atoms with E-state index in [1.54, 1.807) is 0 Å². The van der Waals surface area contributed by atoms with Crippen molar-refractivity contribution in [2.45, 2.75) is 26.2 Å². The molecule has 2 aromatic rings. The van der Waals surface area contributed by atoms with Gasteiger partial charge in [0, 0.05) is 11.4 Å². The summed E-state index contributed by atoms with van der Waals surface area (Å²) in [4.78, 5) is 4.42. The number of benzene rings is 1. The van der Waals surface area contributed by atoms with Crippen molar-refractivity contribution < 1.29 is 4.52 Å². The number of aromatic nitrogens is 2. The Bertz CT molecular complexity index is 669. The molecule has 1 aliphatic rings. The van der Waals surface area contributed by atoms with Crippen molar-refractivity contribution in [1.82, 2.24) is 10.1 Å². The normalized spacial score (nSPS) is 23.3. The number of nitriles is 1. The molecule has 2 unspecified atom stereocenters. The van der Waals surface area contributed by atoms with Crippen LogP contribution in [0.2, 0.25) is 5.02 Å². The van der Waals surface area contributed by atoms with Gasteiger partial charge in [0.1, 0.15) is 0 Å². The molecule has 5 heteroatoms. The third kappa shape index (κ3) is 2.19. The second kappa shape index (κ2) is 4.60. The summed E-state index contributed by atoms with van der Waals surface area (Å²) in [6.45, 7) is 4.10. The Morgan fingerprint density at radius 1 is 1.35 bits per heavy atom. The molecule has 0 N–H and O–H groups in total. The maximum atomic E-state index is 9.09. The third-order valence-electron chi connectivity index (χ3n) is 3.99. The van der Waals surface area contributed by atoms with Crippen LogP contribution >= 0.6 is 11.6 Å². The molecule has 1 heterocycles. The van der Waals surface area contributed by atoms with Crippen LogP contribution in [0, 0.1) is 22.7 Å². The van der Waals surface area contributed by atoms with Crippen LogP contribution in [0.3, 0.4) is 0 Å². The van der Waals surface area contributed by atoms with E-state index in [1.807, 2.05) is 24.3 Å². The van der Waals surface area contributed by atoms with Gasteiger partial charge in [-0.2, -0.15) is 10.2 Å². The van der Waals surface area contributed by atoms with E-state index in [2.05, 4.69) is 30.1 Å². The zero-order valence-electron chi connectivity index (χ0n) is 11.3. The van der Waals surface area contributed by atoms with Crippen molar-refractivity contribution in [1.29, 1.82) is 5.26 Å². The fourth-order valence-electron chi connectivity index (χ4n) is 2.59. The lowest BCUT2D eigenvalue weighted by Crippen LogP contribution is -1.93. The van der Waals surface area contributed by atoms with E-state index in [1.165, 1.54) is 0 Å². The largest absolute Gasteiger partial charge is 0.339 e. The van der Waals surface area contributed by atoms with Crippen LogP contribution in [0.4, 0.5) is 0 Å². The first-order valence-electron chi connectivity index (χ1n) is 6.49. The number of hydrogen-bond donors (Lipinski definition) is 0. The summed E-state index contributed by atoms with van der Waals surface area (Å²) in [5.41, 5.74) is 1.01. The lowest BCUT2D eigenvalue weighted by Gasteiger charge is -1.96. The molecule has 3 rings (SSSR count). The van der Waals surface area contributed by atoms with Gasteiger partial charge in [-0.25, -0.2) is 0 Å². The number of nitrogens with zero attached hydrogens (tertiary/aromatic N) is 3. The van der Waals surface area contributed by atoms with Crippen molar-refractivity contribution in [2.75, 3.05) is 0 Å². The molecule has 1 saturated carbocycles. The summed E-state index contributed by atoms with van der Waals surface area (Å²) in [6.07, 6.45) is 0.602. The topological polar surface area (TPSA) is 62.7 Å². The van der Waals surface area contributed by atoms with Crippen molar-refractivity contribution in [2.24, 2.45) is 11.3 Å². The first-order valence-corrected chi connectivity index (χ1v) is 6.86. The van der Waals surface area contributed by atoms with Gasteiger partial charge < -0.3 is 4.52 Å². The van der Waals surface area contributed by atoms with E-state index in [4.69, 9.17) is 21.4 Å². The van der Waals surface area contributed by atoms with Crippen molar-refractivity contribution in [3.8, 4) is 6.07 Å². The summed E-state index contributed by atoms with van der Waals surface area (Å²) in [6, 6.07) is 9.87. The highest BCUT2D eigenvalue weighted by Gasteiger charge is 2.62. The first kappa shape index (κ1) is 13.1. The van der Waals surface area contributed by atoms with Crippen molar-refractivity contribution >= 4 is 11.6 Å². The second-order valence-electron chi connectivity index (χ2n) is 5.76. The van der Waals surface area contributed by atoms with E-state index in [-0.39, 0.29) is 17.3 Å². The smallest absolute Gasteiger partial charge is 0.231 e. The first-order chi connectivity index (χ1) is 9.52. The van der Waals surface area contributed by atoms with Crippen LogP contribution in [-0.2, 0) is 6.42 Å². The molecule has 0 saturated heterocycles. The van der Waals surface area contributed by atoms with Crippen molar-refractivity contribution in [3.05, 3.63) is 46.6 Å². The average Bonchev–Trinajstić information content (AvgIpc) is 2.75.